The third-order valence-electron chi connectivity index (χ3n) is 10.3. The van der Waals surface area contributed by atoms with Gasteiger partial charge in [0.1, 0.15) is 0 Å². The van der Waals surface area contributed by atoms with Crippen molar-refractivity contribution in [3.63, 3.8) is 0 Å². The molecule has 4 saturated carbocycles. The number of fused-ring (bicyclic) bond motifs is 1. The van der Waals surface area contributed by atoms with Crippen LogP contribution in [-0.2, 0) is 10.2 Å². The molecule has 2 N–H and O–H groups in total. The van der Waals surface area contributed by atoms with Gasteiger partial charge in [0, 0.05) is 24.5 Å². The van der Waals surface area contributed by atoms with Crippen LogP contribution >= 0.6 is 0 Å². The van der Waals surface area contributed by atoms with Crippen molar-refractivity contribution in [2.45, 2.75) is 70.8 Å². The van der Waals surface area contributed by atoms with E-state index in [2.05, 4.69) is 56.0 Å². The third kappa shape index (κ3) is 1.68. The summed E-state index contributed by atoms with van der Waals surface area (Å²) in [7, 11) is 0. The van der Waals surface area contributed by atoms with Crippen molar-refractivity contribution in [3.05, 3.63) is 35.9 Å². The summed E-state index contributed by atoms with van der Waals surface area (Å²) in [6.07, 6.45) is 6.92. The van der Waals surface area contributed by atoms with Gasteiger partial charge in [0.2, 0.25) is 5.91 Å². The molecule has 6 unspecified atom stereocenters. The first-order chi connectivity index (χ1) is 13.2. The summed E-state index contributed by atoms with van der Waals surface area (Å²) in [5.74, 6) is 1.22. The fourth-order valence-electron chi connectivity index (χ4n) is 9.30. The molecule has 1 saturated heterocycles. The standard InChI is InChI=1S/C25H34N2O/c1-21(2)16-27(10-9-19(21)26)20(28)23-12-18-11-22(3)13-24(14-23,25(18,22)15-23)17-7-5-4-6-8-17/h4-8,18-19H,9-16,26H2,1-3H3. The molecule has 5 aliphatic rings. The van der Waals surface area contributed by atoms with Crippen LogP contribution < -0.4 is 5.73 Å². The van der Waals surface area contributed by atoms with Gasteiger partial charge in [-0.3, -0.25) is 4.79 Å². The summed E-state index contributed by atoms with van der Waals surface area (Å²) in [5, 5.41) is 0. The highest BCUT2D eigenvalue weighted by Gasteiger charge is 2.89. The average Bonchev–Trinajstić information content (AvgIpc) is 3.13. The molecule has 1 aromatic carbocycles. The van der Waals surface area contributed by atoms with Crippen LogP contribution in [0.25, 0.3) is 0 Å². The number of amides is 1. The summed E-state index contributed by atoms with van der Waals surface area (Å²) >= 11 is 0. The van der Waals surface area contributed by atoms with Crippen LogP contribution in [0.2, 0.25) is 0 Å². The molecular formula is C25H34N2O. The highest BCUT2D eigenvalue weighted by atomic mass is 16.2. The smallest absolute Gasteiger partial charge is 0.228 e. The second kappa shape index (κ2) is 4.86. The lowest BCUT2D eigenvalue weighted by Crippen LogP contribution is -2.75. The number of carbonyl (C=O) groups excluding carboxylic acids is 1. The lowest BCUT2D eigenvalue weighted by molar-refractivity contribution is -0.270. The SMILES string of the molecule is CC1(C)CN(C(=O)C23CC4CC5(C)CC(c6ccccc6)(C2)C45C3)CCC1N. The molecule has 1 aliphatic heterocycles. The molecule has 6 atom stereocenters. The Kier molecular flexibility index (Phi) is 3.04. The second-order valence-corrected chi connectivity index (χ2v) is 12.0. The molecule has 2 bridgehead atoms. The molecular weight excluding hydrogens is 344 g/mol. The molecule has 0 aromatic heterocycles. The molecule has 3 heteroatoms. The molecule has 6 rings (SSSR count). The number of benzene rings is 1. The molecule has 1 aromatic rings. The van der Waals surface area contributed by atoms with E-state index in [9.17, 15) is 4.79 Å². The molecule has 1 amide bonds. The Labute approximate surface area is 169 Å². The van der Waals surface area contributed by atoms with Crippen LogP contribution in [-0.4, -0.2) is 29.9 Å². The number of rotatable bonds is 2. The lowest BCUT2D eigenvalue weighted by atomic mass is 9.24. The van der Waals surface area contributed by atoms with Gasteiger partial charge in [-0.05, 0) is 66.3 Å². The molecule has 28 heavy (non-hydrogen) atoms. The Morgan fingerprint density at radius 2 is 1.82 bits per heavy atom. The van der Waals surface area contributed by atoms with Crippen LogP contribution in [0.3, 0.4) is 0 Å². The van der Waals surface area contributed by atoms with E-state index in [1.165, 1.54) is 18.4 Å². The van der Waals surface area contributed by atoms with E-state index >= 15 is 0 Å². The largest absolute Gasteiger partial charge is 0.342 e. The van der Waals surface area contributed by atoms with E-state index in [0.29, 0.717) is 16.7 Å². The first kappa shape index (κ1) is 17.5. The molecule has 1 heterocycles. The molecule has 3 nitrogen and oxygen atoms in total. The summed E-state index contributed by atoms with van der Waals surface area (Å²) in [4.78, 5) is 16.2. The lowest BCUT2D eigenvalue weighted by Gasteiger charge is -2.79. The first-order valence-corrected chi connectivity index (χ1v) is 11.3. The molecule has 1 spiro atoms. The van der Waals surface area contributed by atoms with Gasteiger partial charge >= 0.3 is 0 Å². The van der Waals surface area contributed by atoms with E-state index in [1.807, 2.05) is 0 Å². The maximum absolute atomic E-state index is 14.0. The average molecular weight is 379 g/mol. The van der Waals surface area contributed by atoms with Crippen LogP contribution in [0.15, 0.2) is 30.3 Å². The van der Waals surface area contributed by atoms with Crippen molar-refractivity contribution in [1.82, 2.24) is 4.90 Å². The summed E-state index contributed by atoms with van der Waals surface area (Å²) in [5.41, 5.74) is 8.87. The van der Waals surface area contributed by atoms with Crippen LogP contribution in [0, 0.1) is 27.6 Å². The minimum atomic E-state index is -0.119. The van der Waals surface area contributed by atoms with Crippen LogP contribution in [0.4, 0.5) is 0 Å². The topological polar surface area (TPSA) is 46.3 Å². The van der Waals surface area contributed by atoms with Crippen molar-refractivity contribution in [2.24, 2.45) is 33.3 Å². The maximum atomic E-state index is 14.0. The number of piperidine rings is 1. The highest BCUT2D eigenvalue weighted by molar-refractivity contribution is 5.85. The Bertz CT molecular complexity index is 865. The minimum Gasteiger partial charge on any atom is -0.342 e. The zero-order valence-corrected chi connectivity index (χ0v) is 17.6. The fraction of sp³-hybridized carbons (Fsp3) is 0.720. The number of carbonyl (C=O) groups is 1. The number of hydrogen-bond acceptors (Lipinski definition) is 2. The van der Waals surface area contributed by atoms with Gasteiger partial charge in [0.25, 0.3) is 0 Å². The van der Waals surface area contributed by atoms with Gasteiger partial charge < -0.3 is 10.6 Å². The van der Waals surface area contributed by atoms with E-state index < -0.39 is 0 Å². The van der Waals surface area contributed by atoms with Crippen molar-refractivity contribution < 1.29 is 4.79 Å². The normalized spacial score (nSPS) is 49.9. The van der Waals surface area contributed by atoms with E-state index in [-0.39, 0.29) is 22.3 Å². The van der Waals surface area contributed by atoms with Gasteiger partial charge in [0.05, 0.1) is 5.41 Å². The highest BCUT2D eigenvalue weighted by Crippen LogP contribution is 2.93. The van der Waals surface area contributed by atoms with E-state index in [1.54, 1.807) is 0 Å². The summed E-state index contributed by atoms with van der Waals surface area (Å²) in [6, 6.07) is 11.4. The van der Waals surface area contributed by atoms with Crippen LogP contribution in [0.5, 0.6) is 0 Å². The zero-order chi connectivity index (χ0) is 19.6. The monoisotopic (exact) mass is 378 g/mol. The van der Waals surface area contributed by atoms with Gasteiger partial charge in [-0.1, -0.05) is 51.1 Å². The fourth-order valence-corrected chi connectivity index (χ4v) is 9.30. The van der Waals surface area contributed by atoms with Gasteiger partial charge in [-0.2, -0.15) is 0 Å². The molecule has 0 radical (unpaired) electrons. The predicted octanol–water partition coefficient (Wildman–Crippen LogP) is 4.11. The number of nitrogens with zero attached hydrogens (tertiary/aromatic N) is 1. The second-order valence-electron chi connectivity index (χ2n) is 12.0. The maximum Gasteiger partial charge on any atom is 0.228 e. The van der Waals surface area contributed by atoms with Gasteiger partial charge in [-0.25, -0.2) is 0 Å². The zero-order valence-electron chi connectivity index (χ0n) is 17.6. The Morgan fingerprint density at radius 1 is 1.07 bits per heavy atom. The van der Waals surface area contributed by atoms with Gasteiger partial charge in [-0.15, -0.1) is 0 Å². The molecule has 5 fully saturated rings. The quantitative estimate of drug-likeness (QED) is 0.842. The summed E-state index contributed by atoms with van der Waals surface area (Å²) < 4.78 is 0. The predicted molar refractivity (Wildman–Crippen MR) is 111 cm³/mol. The van der Waals surface area contributed by atoms with Crippen molar-refractivity contribution >= 4 is 5.91 Å². The molecule has 4 aliphatic carbocycles. The Morgan fingerprint density at radius 3 is 2.50 bits per heavy atom. The van der Waals surface area contributed by atoms with E-state index in [0.717, 1.165) is 44.7 Å². The first-order valence-electron chi connectivity index (χ1n) is 11.3. The van der Waals surface area contributed by atoms with Crippen LogP contribution in [0.1, 0.15) is 64.9 Å². The number of nitrogens with two attached hydrogens (primary N) is 1. The van der Waals surface area contributed by atoms with E-state index in [4.69, 9.17) is 5.73 Å². The van der Waals surface area contributed by atoms with Gasteiger partial charge in [0.15, 0.2) is 0 Å². The number of likely N-dealkylation sites (tertiary alicyclic amines) is 1. The minimum absolute atomic E-state index is 0.0175. The van der Waals surface area contributed by atoms with Crippen molar-refractivity contribution in [2.75, 3.05) is 13.1 Å². The van der Waals surface area contributed by atoms with Crippen molar-refractivity contribution in [1.29, 1.82) is 0 Å². The summed E-state index contributed by atoms with van der Waals surface area (Å²) in [6.45, 7) is 8.64. The number of hydrogen-bond donors (Lipinski definition) is 1. The van der Waals surface area contributed by atoms with Crippen molar-refractivity contribution in [3.8, 4) is 0 Å². The Balaban J connectivity index is 1.38. The Hall–Kier alpha value is -1.35. The molecule has 150 valence electrons. The third-order valence-corrected chi connectivity index (χ3v) is 10.3.